The SMILES string of the molecule is CCCNC(=O)N1CCC[C@](C)(C(=O)NCc2ccc(C)cc2)C1. The molecule has 1 heterocycles. The Bertz CT molecular complexity index is 570. The average Bonchev–Trinajstić information content (AvgIpc) is 2.58. The Balaban J connectivity index is 1.91. The number of hydrogen-bond acceptors (Lipinski definition) is 2. The highest BCUT2D eigenvalue weighted by Gasteiger charge is 2.39. The minimum atomic E-state index is -0.521. The van der Waals surface area contributed by atoms with Gasteiger partial charge in [0.25, 0.3) is 0 Å². The highest BCUT2D eigenvalue weighted by atomic mass is 16.2. The van der Waals surface area contributed by atoms with E-state index in [0.717, 1.165) is 31.4 Å². The highest BCUT2D eigenvalue weighted by molar-refractivity contribution is 5.84. The molecule has 2 rings (SSSR count). The topological polar surface area (TPSA) is 61.4 Å². The van der Waals surface area contributed by atoms with Crippen LogP contribution in [0.2, 0.25) is 0 Å². The Morgan fingerprint density at radius 1 is 1.21 bits per heavy atom. The van der Waals surface area contributed by atoms with E-state index in [1.807, 2.05) is 45.0 Å². The van der Waals surface area contributed by atoms with E-state index in [1.54, 1.807) is 4.90 Å². The summed E-state index contributed by atoms with van der Waals surface area (Å²) in [6.45, 7) is 8.42. The molecule has 5 heteroatoms. The van der Waals surface area contributed by atoms with Crippen LogP contribution in [0.5, 0.6) is 0 Å². The molecule has 1 fully saturated rings. The highest BCUT2D eigenvalue weighted by Crippen LogP contribution is 2.29. The number of aryl methyl sites for hydroxylation is 1. The van der Waals surface area contributed by atoms with Gasteiger partial charge in [-0.1, -0.05) is 36.8 Å². The van der Waals surface area contributed by atoms with Crippen molar-refractivity contribution < 1.29 is 9.59 Å². The summed E-state index contributed by atoms with van der Waals surface area (Å²) in [5, 5.41) is 5.93. The van der Waals surface area contributed by atoms with Crippen LogP contribution in [0.1, 0.15) is 44.2 Å². The molecule has 0 spiro atoms. The summed E-state index contributed by atoms with van der Waals surface area (Å²) < 4.78 is 0. The van der Waals surface area contributed by atoms with Crippen LogP contribution in [0.25, 0.3) is 0 Å². The molecule has 1 saturated heterocycles. The lowest BCUT2D eigenvalue weighted by molar-refractivity contribution is -0.132. The molecule has 24 heavy (non-hydrogen) atoms. The molecule has 1 aliphatic heterocycles. The molecule has 1 aromatic rings. The number of piperidine rings is 1. The number of carbonyl (C=O) groups is 2. The van der Waals surface area contributed by atoms with Crippen molar-refractivity contribution in [2.45, 2.75) is 46.6 Å². The molecule has 0 unspecified atom stereocenters. The van der Waals surface area contributed by atoms with Crippen molar-refractivity contribution in [2.75, 3.05) is 19.6 Å². The number of nitrogens with zero attached hydrogens (tertiary/aromatic N) is 1. The first-order chi connectivity index (χ1) is 11.4. The normalized spacial score (nSPS) is 20.5. The first kappa shape index (κ1) is 18.3. The van der Waals surface area contributed by atoms with Gasteiger partial charge in [-0.3, -0.25) is 4.79 Å². The fourth-order valence-corrected chi connectivity index (χ4v) is 3.04. The van der Waals surface area contributed by atoms with Crippen LogP contribution < -0.4 is 10.6 Å². The molecule has 0 aliphatic carbocycles. The second-order valence-corrected chi connectivity index (χ2v) is 6.99. The predicted molar refractivity (Wildman–Crippen MR) is 95.6 cm³/mol. The van der Waals surface area contributed by atoms with E-state index < -0.39 is 5.41 Å². The Labute approximate surface area is 144 Å². The van der Waals surface area contributed by atoms with Gasteiger partial charge in [0.2, 0.25) is 5.91 Å². The maximum atomic E-state index is 12.7. The van der Waals surface area contributed by atoms with Crippen LogP contribution in [0.4, 0.5) is 4.79 Å². The number of hydrogen-bond donors (Lipinski definition) is 2. The molecule has 0 bridgehead atoms. The third kappa shape index (κ3) is 4.73. The zero-order valence-electron chi connectivity index (χ0n) is 15.0. The predicted octanol–water partition coefficient (Wildman–Crippen LogP) is 2.83. The summed E-state index contributed by atoms with van der Waals surface area (Å²) in [6, 6.07) is 8.09. The molecule has 1 aliphatic rings. The zero-order valence-corrected chi connectivity index (χ0v) is 15.0. The minimum absolute atomic E-state index is 0.0241. The summed E-state index contributed by atoms with van der Waals surface area (Å²) in [4.78, 5) is 26.6. The molecule has 5 nitrogen and oxygen atoms in total. The molecule has 1 atom stereocenters. The lowest BCUT2D eigenvalue weighted by atomic mass is 9.81. The number of benzene rings is 1. The monoisotopic (exact) mass is 331 g/mol. The largest absolute Gasteiger partial charge is 0.351 e. The van der Waals surface area contributed by atoms with Gasteiger partial charge in [0.1, 0.15) is 0 Å². The molecule has 0 saturated carbocycles. The second kappa shape index (κ2) is 8.18. The van der Waals surface area contributed by atoms with E-state index in [-0.39, 0.29) is 11.9 Å². The number of rotatable bonds is 5. The number of amides is 3. The van der Waals surface area contributed by atoms with Crippen LogP contribution in [-0.2, 0) is 11.3 Å². The fourth-order valence-electron chi connectivity index (χ4n) is 3.04. The number of urea groups is 1. The maximum absolute atomic E-state index is 12.7. The van der Waals surface area contributed by atoms with E-state index in [4.69, 9.17) is 0 Å². The Kier molecular flexibility index (Phi) is 6.23. The van der Waals surface area contributed by atoms with Crippen LogP contribution in [0.3, 0.4) is 0 Å². The molecular weight excluding hydrogens is 302 g/mol. The van der Waals surface area contributed by atoms with Gasteiger partial charge in [0.15, 0.2) is 0 Å². The summed E-state index contributed by atoms with van der Waals surface area (Å²) in [5.41, 5.74) is 1.77. The Morgan fingerprint density at radius 2 is 1.92 bits per heavy atom. The lowest BCUT2D eigenvalue weighted by Gasteiger charge is -2.39. The molecular formula is C19H29N3O2. The molecule has 0 aromatic heterocycles. The lowest BCUT2D eigenvalue weighted by Crippen LogP contribution is -2.54. The van der Waals surface area contributed by atoms with Gasteiger partial charge in [0.05, 0.1) is 5.41 Å². The van der Waals surface area contributed by atoms with Crippen molar-refractivity contribution in [1.29, 1.82) is 0 Å². The zero-order chi connectivity index (χ0) is 17.6. The van der Waals surface area contributed by atoms with Crippen molar-refractivity contribution in [3.8, 4) is 0 Å². The maximum Gasteiger partial charge on any atom is 0.317 e. The van der Waals surface area contributed by atoms with Crippen molar-refractivity contribution in [2.24, 2.45) is 5.41 Å². The van der Waals surface area contributed by atoms with Gasteiger partial charge in [0, 0.05) is 26.2 Å². The summed E-state index contributed by atoms with van der Waals surface area (Å²) in [7, 11) is 0. The van der Waals surface area contributed by atoms with Crippen molar-refractivity contribution >= 4 is 11.9 Å². The van der Waals surface area contributed by atoms with Crippen molar-refractivity contribution in [3.05, 3.63) is 35.4 Å². The van der Waals surface area contributed by atoms with Gasteiger partial charge in [-0.05, 0) is 38.7 Å². The summed E-state index contributed by atoms with van der Waals surface area (Å²) >= 11 is 0. The number of carbonyl (C=O) groups excluding carboxylic acids is 2. The van der Waals surface area contributed by atoms with E-state index in [9.17, 15) is 9.59 Å². The van der Waals surface area contributed by atoms with Crippen LogP contribution in [0, 0.1) is 12.3 Å². The molecule has 2 N–H and O–H groups in total. The quantitative estimate of drug-likeness (QED) is 0.871. The first-order valence-corrected chi connectivity index (χ1v) is 8.81. The van der Waals surface area contributed by atoms with Gasteiger partial charge in [-0.15, -0.1) is 0 Å². The summed E-state index contributed by atoms with van der Waals surface area (Å²) in [6.07, 6.45) is 2.58. The van der Waals surface area contributed by atoms with Crippen LogP contribution >= 0.6 is 0 Å². The molecule has 0 radical (unpaired) electrons. The molecule has 132 valence electrons. The second-order valence-electron chi connectivity index (χ2n) is 6.99. The first-order valence-electron chi connectivity index (χ1n) is 8.81. The fraction of sp³-hybridized carbons (Fsp3) is 0.579. The minimum Gasteiger partial charge on any atom is -0.351 e. The van der Waals surface area contributed by atoms with Crippen LogP contribution in [-0.4, -0.2) is 36.5 Å². The number of likely N-dealkylation sites (tertiary alicyclic amines) is 1. The van der Waals surface area contributed by atoms with Crippen molar-refractivity contribution in [1.82, 2.24) is 15.5 Å². The van der Waals surface area contributed by atoms with E-state index in [1.165, 1.54) is 5.56 Å². The smallest absolute Gasteiger partial charge is 0.317 e. The van der Waals surface area contributed by atoms with E-state index >= 15 is 0 Å². The average molecular weight is 331 g/mol. The number of nitrogens with one attached hydrogen (secondary N) is 2. The third-order valence-corrected chi connectivity index (χ3v) is 4.63. The standard InChI is InChI=1S/C19H29N3O2/c1-4-11-20-18(24)22-12-5-10-19(3,14-22)17(23)21-13-16-8-6-15(2)7-9-16/h6-9H,4-5,10-14H2,1-3H3,(H,20,24)(H,21,23)/t19-/m0/s1. The molecule has 3 amide bonds. The third-order valence-electron chi connectivity index (χ3n) is 4.63. The van der Waals surface area contributed by atoms with Gasteiger partial charge >= 0.3 is 6.03 Å². The Morgan fingerprint density at radius 3 is 2.58 bits per heavy atom. The van der Waals surface area contributed by atoms with Gasteiger partial charge in [-0.25, -0.2) is 4.79 Å². The summed E-state index contributed by atoms with van der Waals surface area (Å²) in [5.74, 6) is 0.0241. The van der Waals surface area contributed by atoms with E-state index in [2.05, 4.69) is 10.6 Å². The van der Waals surface area contributed by atoms with Crippen molar-refractivity contribution in [3.63, 3.8) is 0 Å². The van der Waals surface area contributed by atoms with Gasteiger partial charge in [-0.2, -0.15) is 0 Å². The van der Waals surface area contributed by atoms with Crippen LogP contribution in [0.15, 0.2) is 24.3 Å². The molecule has 1 aromatic carbocycles. The van der Waals surface area contributed by atoms with E-state index in [0.29, 0.717) is 19.6 Å². The van der Waals surface area contributed by atoms with Gasteiger partial charge < -0.3 is 15.5 Å². The Hall–Kier alpha value is -2.04.